The van der Waals surface area contributed by atoms with E-state index < -0.39 is 0 Å². The van der Waals surface area contributed by atoms with Gasteiger partial charge in [0.2, 0.25) is 0 Å². The molecular weight excluding hydrogens is 264 g/mol. The molecule has 0 spiro atoms. The molecule has 19 heavy (non-hydrogen) atoms. The number of carbonyl (C=O) groups excluding carboxylic acids is 1. The predicted octanol–water partition coefficient (Wildman–Crippen LogP) is 1.93. The van der Waals surface area contributed by atoms with Crippen molar-refractivity contribution in [2.75, 3.05) is 26.2 Å². The van der Waals surface area contributed by atoms with Crippen molar-refractivity contribution in [1.82, 2.24) is 10.2 Å². The number of benzene rings is 1. The fourth-order valence-electron chi connectivity index (χ4n) is 2.33. The Morgan fingerprint density at radius 3 is 3.05 bits per heavy atom. The molecule has 2 rings (SSSR count). The number of likely N-dealkylation sites (N-methyl/N-ethyl adjacent to an activating group) is 1. The zero-order valence-electron chi connectivity index (χ0n) is 11.1. The first-order valence-corrected chi connectivity index (χ1v) is 6.97. The van der Waals surface area contributed by atoms with Crippen molar-refractivity contribution in [2.24, 2.45) is 0 Å². The highest BCUT2D eigenvalue weighted by Crippen LogP contribution is 2.17. The van der Waals surface area contributed by atoms with Crippen LogP contribution in [0.25, 0.3) is 0 Å². The maximum absolute atomic E-state index is 12.2. The van der Waals surface area contributed by atoms with E-state index in [1.165, 1.54) is 0 Å². The minimum absolute atomic E-state index is 0.0242. The summed E-state index contributed by atoms with van der Waals surface area (Å²) in [5.74, 6) is 0.651. The van der Waals surface area contributed by atoms with Crippen LogP contribution in [0.3, 0.4) is 0 Å². The van der Waals surface area contributed by atoms with Crippen LogP contribution in [0.1, 0.15) is 13.3 Å². The van der Waals surface area contributed by atoms with E-state index in [4.69, 9.17) is 16.3 Å². The van der Waals surface area contributed by atoms with Crippen LogP contribution in [0.4, 0.5) is 0 Å². The van der Waals surface area contributed by atoms with Gasteiger partial charge in [-0.2, -0.15) is 0 Å². The Morgan fingerprint density at radius 1 is 1.58 bits per heavy atom. The summed E-state index contributed by atoms with van der Waals surface area (Å²) in [6.07, 6.45) is 1.01. The maximum atomic E-state index is 12.2. The van der Waals surface area contributed by atoms with Gasteiger partial charge in [-0.3, -0.25) is 4.79 Å². The molecule has 0 radical (unpaired) electrons. The monoisotopic (exact) mass is 282 g/mol. The molecular formula is C14H19ClN2O2. The fourth-order valence-corrected chi connectivity index (χ4v) is 2.51. The Kier molecular flexibility index (Phi) is 5.05. The van der Waals surface area contributed by atoms with Crippen LogP contribution in [0.15, 0.2) is 24.3 Å². The fraction of sp³-hybridized carbons (Fsp3) is 0.500. The zero-order chi connectivity index (χ0) is 13.7. The van der Waals surface area contributed by atoms with Crippen molar-refractivity contribution in [3.05, 3.63) is 29.3 Å². The molecule has 4 nitrogen and oxygen atoms in total. The molecule has 1 fully saturated rings. The smallest absolute Gasteiger partial charge is 0.260 e. The van der Waals surface area contributed by atoms with Gasteiger partial charge in [-0.15, -0.1) is 0 Å². The van der Waals surface area contributed by atoms with Crippen LogP contribution in [-0.4, -0.2) is 43.1 Å². The minimum atomic E-state index is 0.0242. The zero-order valence-corrected chi connectivity index (χ0v) is 11.8. The summed E-state index contributed by atoms with van der Waals surface area (Å²) in [7, 11) is 0. The lowest BCUT2D eigenvalue weighted by Gasteiger charge is -2.27. The predicted molar refractivity (Wildman–Crippen MR) is 75.6 cm³/mol. The van der Waals surface area contributed by atoms with Gasteiger partial charge in [-0.25, -0.2) is 0 Å². The first-order valence-electron chi connectivity index (χ1n) is 6.59. The van der Waals surface area contributed by atoms with E-state index in [-0.39, 0.29) is 12.5 Å². The summed E-state index contributed by atoms with van der Waals surface area (Å²) in [6.45, 7) is 4.62. The molecule has 1 aliphatic heterocycles. The number of hydrogen-bond acceptors (Lipinski definition) is 3. The molecule has 1 amide bonds. The lowest BCUT2D eigenvalue weighted by Crippen LogP contribution is -2.43. The summed E-state index contributed by atoms with van der Waals surface area (Å²) >= 11 is 5.87. The highest BCUT2D eigenvalue weighted by Gasteiger charge is 2.25. The highest BCUT2D eigenvalue weighted by atomic mass is 35.5. The molecule has 0 aromatic heterocycles. The third kappa shape index (κ3) is 3.85. The quantitative estimate of drug-likeness (QED) is 0.897. The molecule has 0 aliphatic carbocycles. The average Bonchev–Trinajstić information content (AvgIpc) is 2.91. The maximum Gasteiger partial charge on any atom is 0.260 e. The molecule has 1 aliphatic rings. The molecule has 1 N–H and O–H groups in total. The van der Waals surface area contributed by atoms with Gasteiger partial charge in [-0.05, 0) is 38.1 Å². The third-order valence-electron chi connectivity index (χ3n) is 3.29. The molecule has 1 saturated heterocycles. The second-order valence-electron chi connectivity index (χ2n) is 4.57. The van der Waals surface area contributed by atoms with Crippen LogP contribution in [0.2, 0.25) is 5.02 Å². The summed E-state index contributed by atoms with van der Waals surface area (Å²) in [5.41, 5.74) is 0. The van der Waals surface area contributed by atoms with Crippen LogP contribution in [-0.2, 0) is 4.79 Å². The third-order valence-corrected chi connectivity index (χ3v) is 3.53. The van der Waals surface area contributed by atoms with Crippen molar-refractivity contribution < 1.29 is 9.53 Å². The van der Waals surface area contributed by atoms with Crippen LogP contribution in [0.5, 0.6) is 5.75 Å². The van der Waals surface area contributed by atoms with Gasteiger partial charge >= 0.3 is 0 Å². The van der Waals surface area contributed by atoms with Gasteiger partial charge in [0.05, 0.1) is 0 Å². The van der Waals surface area contributed by atoms with Crippen LogP contribution < -0.4 is 10.1 Å². The molecule has 1 aromatic rings. The van der Waals surface area contributed by atoms with E-state index in [0.29, 0.717) is 23.4 Å². The standard InChI is InChI=1S/C14H19ClN2O2/c1-2-17(12-6-7-16-9-12)14(18)10-19-13-5-3-4-11(15)8-13/h3-5,8,12,16H,2,6-7,9-10H2,1H3. The van der Waals surface area contributed by atoms with Gasteiger partial charge in [-0.1, -0.05) is 17.7 Å². The first kappa shape index (κ1) is 14.2. The molecule has 1 heterocycles. The van der Waals surface area contributed by atoms with Crippen molar-refractivity contribution in [3.8, 4) is 5.75 Å². The van der Waals surface area contributed by atoms with E-state index >= 15 is 0 Å². The summed E-state index contributed by atoms with van der Waals surface area (Å²) in [6, 6.07) is 7.38. The summed E-state index contributed by atoms with van der Waals surface area (Å²) < 4.78 is 5.49. The van der Waals surface area contributed by atoms with Crippen molar-refractivity contribution in [3.63, 3.8) is 0 Å². The Hall–Kier alpha value is -1.26. The molecule has 0 saturated carbocycles. The Bertz CT molecular complexity index is 433. The number of rotatable bonds is 5. The van der Waals surface area contributed by atoms with Gasteiger partial charge in [0.25, 0.3) is 5.91 Å². The average molecular weight is 283 g/mol. The van der Waals surface area contributed by atoms with Gasteiger partial charge < -0.3 is 15.0 Å². The van der Waals surface area contributed by atoms with Crippen LogP contribution in [0, 0.1) is 0 Å². The number of ether oxygens (including phenoxy) is 1. The van der Waals surface area contributed by atoms with E-state index in [1.807, 2.05) is 11.8 Å². The molecule has 5 heteroatoms. The van der Waals surface area contributed by atoms with Crippen molar-refractivity contribution in [2.45, 2.75) is 19.4 Å². The SMILES string of the molecule is CCN(C(=O)COc1cccc(Cl)c1)C1CCNC1. The number of nitrogens with zero attached hydrogens (tertiary/aromatic N) is 1. The lowest BCUT2D eigenvalue weighted by atomic mass is 10.2. The van der Waals surface area contributed by atoms with E-state index in [0.717, 1.165) is 19.5 Å². The molecule has 0 bridgehead atoms. The van der Waals surface area contributed by atoms with Gasteiger partial charge in [0, 0.05) is 24.2 Å². The van der Waals surface area contributed by atoms with Gasteiger partial charge in [0.1, 0.15) is 5.75 Å². The van der Waals surface area contributed by atoms with Crippen molar-refractivity contribution >= 4 is 17.5 Å². The Labute approximate surface area is 118 Å². The second kappa shape index (κ2) is 6.78. The second-order valence-corrected chi connectivity index (χ2v) is 5.01. The van der Waals surface area contributed by atoms with E-state index in [9.17, 15) is 4.79 Å². The van der Waals surface area contributed by atoms with Crippen molar-refractivity contribution in [1.29, 1.82) is 0 Å². The normalized spacial score (nSPS) is 18.3. The first-order chi connectivity index (χ1) is 9.20. The number of amides is 1. The Balaban J connectivity index is 1.88. The number of carbonyl (C=O) groups is 1. The number of hydrogen-bond donors (Lipinski definition) is 1. The molecule has 104 valence electrons. The minimum Gasteiger partial charge on any atom is -0.484 e. The van der Waals surface area contributed by atoms with Gasteiger partial charge in [0.15, 0.2) is 6.61 Å². The topological polar surface area (TPSA) is 41.6 Å². The van der Waals surface area contributed by atoms with E-state index in [2.05, 4.69) is 5.32 Å². The highest BCUT2D eigenvalue weighted by molar-refractivity contribution is 6.30. The van der Waals surface area contributed by atoms with Crippen LogP contribution >= 0.6 is 11.6 Å². The van der Waals surface area contributed by atoms with E-state index in [1.54, 1.807) is 24.3 Å². The molecule has 1 aromatic carbocycles. The summed E-state index contributed by atoms with van der Waals surface area (Å²) in [4.78, 5) is 14.0. The largest absolute Gasteiger partial charge is 0.484 e. The Morgan fingerprint density at radius 2 is 2.42 bits per heavy atom. The summed E-state index contributed by atoms with van der Waals surface area (Å²) in [5, 5.41) is 3.88. The number of halogens is 1. The molecule has 1 unspecified atom stereocenters. The molecule has 1 atom stereocenters. The lowest BCUT2D eigenvalue weighted by molar-refractivity contribution is -0.135. The number of nitrogens with one attached hydrogen (secondary N) is 1.